The largest absolute Gasteiger partial charge is 0.492 e. The van der Waals surface area contributed by atoms with Crippen LogP contribution < -0.4 is 10.1 Å². The van der Waals surface area contributed by atoms with Gasteiger partial charge in [-0.1, -0.05) is 30.4 Å². The first-order chi connectivity index (χ1) is 9.28. The lowest BCUT2D eigenvalue weighted by Gasteiger charge is -2.15. The third-order valence-corrected chi connectivity index (χ3v) is 3.75. The number of rotatable bonds is 3. The molecule has 1 heterocycles. The van der Waals surface area contributed by atoms with E-state index in [1.54, 1.807) is 0 Å². The van der Waals surface area contributed by atoms with Gasteiger partial charge in [-0.25, -0.2) is 0 Å². The van der Waals surface area contributed by atoms with Gasteiger partial charge in [-0.05, 0) is 12.5 Å². The van der Waals surface area contributed by atoms with Crippen LogP contribution in [0.5, 0.6) is 5.75 Å². The fraction of sp³-hybridized carbons (Fsp3) is 0.400. The topological polar surface area (TPSA) is 58.6 Å². The number of nitrogens with one attached hydrogen (secondary N) is 1. The number of para-hydroxylation sites is 1. The molecule has 2 N–H and O–H groups in total. The van der Waals surface area contributed by atoms with Gasteiger partial charge in [0.25, 0.3) is 0 Å². The molecule has 19 heavy (non-hydrogen) atoms. The summed E-state index contributed by atoms with van der Waals surface area (Å²) in [5.41, 5.74) is 0.959. The second-order valence-electron chi connectivity index (χ2n) is 5.08. The molecule has 1 aliphatic carbocycles. The Kier molecular flexibility index (Phi) is 3.25. The van der Waals surface area contributed by atoms with Crippen LogP contribution in [0.4, 0.5) is 0 Å². The van der Waals surface area contributed by atoms with Crippen molar-refractivity contribution in [1.29, 1.82) is 0 Å². The predicted octanol–water partition coefficient (Wildman–Crippen LogP) is 1.22. The van der Waals surface area contributed by atoms with E-state index in [9.17, 15) is 4.79 Å². The molecule has 1 aromatic carbocycles. The maximum absolute atomic E-state index is 12.3. The molecule has 0 radical (unpaired) electrons. The Morgan fingerprint density at radius 1 is 1.37 bits per heavy atom. The molecule has 0 saturated carbocycles. The summed E-state index contributed by atoms with van der Waals surface area (Å²) in [6.07, 6.45) is 4.70. The third kappa shape index (κ3) is 2.36. The predicted molar refractivity (Wildman–Crippen MR) is 70.9 cm³/mol. The molecular weight excluding hydrogens is 242 g/mol. The first-order valence-electron chi connectivity index (χ1n) is 6.59. The van der Waals surface area contributed by atoms with Gasteiger partial charge in [0.2, 0.25) is 5.91 Å². The average Bonchev–Trinajstić information content (AvgIpc) is 3.04. The number of carbonyl (C=O) groups excluding carboxylic acids is 1. The van der Waals surface area contributed by atoms with Crippen LogP contribution in [-0.4, -0.2) is 30.3 Å². The van der Waals surface area contributed by atoms with Crippen molar-refractivity contribution in [3.63, 3.8) is 0 Å². The van der Waals surface area contributed by atoms with Crippen molar-refractivity contribution in [2.45, 2.75) is 18.4 Å². The van der Waals surface area contributed by atoms with E-state index in [0.29, 0.717) is 6.61 Å². The molecule has 100 valence electrons. The molecule has 1 aliphatic heterocycles. The van der Waals surface area contributed by atoms with Gasteiger partial charge in [-0.3, -0.25) is 4.79 Å². The number of aliphatic hydroxyl groups is 1. The van der Waals surface area contributed by atoms with Gasteiger partial charge in [0.1, 0.15) is 18.3 Å². The smallest absolute Gasteiger partial charge is 0.231 e. The molecule has 0 fully saturated rings. The van der Waals surface area contributed by atoms with E-state index in [-0.39, 0.29) is 30.4 Å². The Labute approximate surface area is 112 Å². The molecule has 0 aromatic heterocycles. The summed E-state index contributed by atoms with van der Waals surface area (Å²) in [4.78, 5) is 12.3. The summed E-state index contributed by atoms with van der Waals surface area (Å²) in [7, 11) is 0. The number of amides is 1. The Bertz CT molecular complexity index is 512. The number of fused-ring (bicyclic) bond motifs is 1. The Balaban J connectivity index is 1.65. The lowest BCUT2D eigenvalue weighted by atomic mass is 10.00. The van der Waals surface area contributed by atoms with E-state index in [1.807, 2.05) is 36.4 Å². The third-order valence-electron chi connectivity index (χ3n) is 3.75. The van der Waals surface area contributed by atoms with Crippen LogP contribution in [0.3, 0.4) is 0 Å². The molecule has 1 aromatic rings. The van der Waals surface area contributed by atoms with Gasteiger partial charge in [0.15, 0.2) is 0 Å². The second kappa shape index (κ2) is 5.05. The number of carbonyl (C=O) groups is 1. The molecule has 0 bridgehead atoms. The maximum Gasteiger partial charge on any atom is 0.231 e. The maximum atomic E-state index is 12.3. The van der Waals surface area contributed by atoms with Crippen LogP contribution in [0.1, 0.15) is 17.9 Å². The fourth-order valence-electron chi connectivity index (χ4n) is 2.68. The second-order valence-corrected chi connectivity index (χ2v) is 5.08. The fourth-order valence-corrected chi connectivity index (χ4v) is 2.68. The van der Waals surface area contributed by atoms with Gasteiger partial charge in [-0.2, -0.15) is 0 Å². The molecule has 3 atom stereocenters. The van der Waals surface area contributed by atoms with Gasteiger partial charge < -0.3 is 15.2 Å². The highest BCUT2D eigenvalue weighted by Crippen LogP contribution is 2.33. The minimum atomic E-state index is -0.224. The van der Waals surface area contributed by atoms with Crippen LogP contribution in [0.25, 0.3) is 0 Å². The van der Waals surface area contributed by atoms with E-state index >= 15 is 0 Å². The minimum absolute atomic E-state index is 0.00168. The minimum Gasteiger partial charge on any atom is -0.492 e. The summed E-state index contributed by atoms with van der Waals surface area (Å²) in [5, 5.41) is 12.1. The van der Waals surface area contributed by atoms with E-state index in [4.69, 9.17) is 9.84 Å². The molecule has 0 spiro atoms. The average molecular weight is 259 g/mol. The van der Waals surface area contributed by atoms with E-state index in [0.717, 1.165) is 17.7 Å². The van der Waals surface area contributed by atoms with Gasteiger partial charge in [0.05, 0.1) is 0 Å². The van der Waals surface area contributed by atoms with Crippen LogP contribution >= 0.6 is 0 Å². The molecular formula is C15H17NO3. The molecule has 3 rings (SSSR count). The quantitative estimate of drug-likeness (QED) is 0.802. The van der Waals surface area contributed by atoms with Crippen LogP contribution in [0.2, 0.25) is 0 Å². The lowest BCUT2D eigenvalue weighted by molar-refractivity contribution is -0.123. The van der Waals surface area contributed by atoms with Crippen LogP contribution in [0.15, 0.2) is 36.4 Å². The highest BCUT2D eigenvalue weighted by atomic mass is 16.5. The normalized spacial score (nSPS) is 27.9. The lowest BCUT2D eigenvalue weighted by Crippen LogP contribution is -2.37. The summed E-state index contributed by atoms with van der Waals surface area (Å²) in [6, 6.07) is 7.68. The standard InChI is InChI=1S/C15H17NO3/c17-8-10-5-6-11(7-10)16-15(18)13-9-19-14-4-2-1-3-12(13)14/h1-6,10-11,13,17H,7-9H2,(H,16,18)/t10-,11+,13?/m0/s1. The summed E-state index contributed by atoms with van der Waals surface area (Å²) in [6.45, 7) is 0.545. The Morgan fingerprint density at radius 2 is 2.21 bits per heavy atom. The number of ether oxygens (including phenoxy) is 1. The highest BCUT2D eigenvalue weighted by Gasteiger charge is 2.31. The van der Waals surface area contributed by atoms with Crippen molar-refractivity contribution in [3.05, 3.63) is 42.0 Å². The van der Waals surface area contributed by atoms with Gasteiger partial charge >= 0.3 is 0 Å². The van der Waals surface area contributed by atoms with Crippen molar-refractivity contribution in [2.24, 2.45) is 5.92 Å². The van der Waals surface area contributed by atoms with E-state index in [2.05, 4.69) is 5.32 Å². The zero-order valence-electron chi connectivity index (χ0n) is 10.6. The number of aliphatic hydroxyl groups excluding tert-OH is 1. The van der Waals surface area contributed by atoms with Crippen molar-refractivity contribution in [1.82, 2.24) is 5.32 Å². The Hall–Kier alpha value is -1.81. The zero-order valence-corrected chi connectivity index (χ0v) is 10.6. The zero-order chi connectivity index (χ0) is 13.2. The van der Waals surface area contributed by atoms with E-state index < -0.39 is 0 Å². The number of hydrogen-bond acceptors (Lipinski definition) is 3. The molecule has 4 nitrogen and oxygen atoms in total. The molecule has 1 unspecified atom stereocenters. The first kappa shape index (κ1) is 12.2. The monoisotopic (exact) mass is 259 g/mol. The van der Waals surface area contributed by atoms with Crippen molar-refractivity contribution in [3.8, 4) is 5.75 Å². The first-order valence-corrected chi connectivity index (χ1v) is 6.59. The number of hydrogen-bond donors (Lipinski definition) is 2. The van der Waals surface area contributed by atoms with Gasteiger partial charge in [-0.15, -0.1) is 0 Å². The molecule has 0 saturated heterocycles. The molecule has 4 heteroatoms. The molecule has 2 aliphatic rings. The number of benzene rings is 1. The van der Waals surface area contributed by atoms with Crippen LogP contribution in [-0.2, 0) is 4.79 Å². The van der Waals surface area contributed by atoms with Crippen molar-refractivity contribution in [2.75, 3.05) is 13.2 Å². The van der Waals surface area contributed by atoms with Gasteiger partial charge in [0, 0.05) is 24.1 Å². The van der Waals surface area contributed by atoms with Crippen molar-refractivity contribution >= 4 is 5.91 Å². The summed E-state index contributed by atoms with van der Waals surface area (Å²) < 4.78 is 5.52. The summed E-state index contributed by atoms with van der Waals surface area (Å²) in [5.74, 6) is 0.742. The van der Waals surface area contributed by atoms with E-state index in [1.165, 1.54) is 0 Å². The molecule has 1 amide bonds. The highest BCUT2D eigenvalue weighted by molar-refractivity contribution is 5.85. The summed E-state index contributed by atoms with van der Waals surface area (Å²) >= 11 is 0. The van der Waals surface area contributed by atoms with Crippen LogP contribution in [0, 0.1) is 5.92 Å². The SMILES string of the molecule is O=C(N[C@@H]1C=C[C@H](CO)C1)C1COc2ccccc21. The van der Waals surface area contributed by atoms with Crippen molar-refractivity contribution < 1.29 is 14.6 Å². The Morgan fingerprint density at radius 3 is 3.00 bits per heavy atom.